The molecular weight excluding hydrogens is 1130 g/mol. The minimum atomic E-state index is -0.889. The summed E-state index contributed by atoms with van der Waals surface area (Å²) in [6.07, 6.45) is 8.40. The number of carbonyl (C=O) groups is 4. The van der Waals surface area contributed by atoms with Crippen LogP contribution in [0.15, 0.2) is 74.8 Å². The van der Waals surface area contributed by atoms with E-state index in [1.165, 1.54) is 0 Å². The molecule has 0 aliphatic carbocycles. The molecule has 4 aliphatic heterocycles. The van der Waals surface area contributed by atoms with E-state index in [2.05, 4.69) is 58.4 Å². The monoisotopic (exact) mass is 1200 g/mol. The first-order valence-electron chi connectivity index (χ1n) is 27.7. The normalized spacial score (nSPS) is 12.7. The molecule has 0 radical (unpaired) electrons. The van der Waals surface area contributed by atoms with Crippen LogP contribution in [0.3, 0.4) is 0 Å². The molecule has 10 heterocycles. The number of rotatable bonds is 16. The molecule has 0 fully saturated rings. The van der Waals surface area contributed by atoms with Crippen LogP contribution in [0.25, 0.3) is 113 Å². The van der Waals surface area contributed by atoms with Crippen molar-refractivity contribution in [3.63, 3.8) is 0 Å². The quantitative estimate of drug-likeness (QED) is 0.0450. The molecule has 86 heavy (non-hydrogen) atoms. The number of nitrogens with one attached hydrogen (secondary N) is 4. The van der Waals surface area contributed by atoms with Crippen molar-refractivity contribution < 1.29 is 39.6 Å². The summed E-state index contributed by atoms with van der Waals surface area (Å²) in [5.41, 5.74) is 27.4. The highest BCUT2D eigenvalue weighted by molar-refractivity contribution is 6.00. The zero-order valence-corrected chi connectivity index (χ0v) is 51.1. The van der Waals surface area contributed by atoms with E-state index in [1.807, 2.05) is 116 Å². The van der Waals surface area contributed by atoms with Crippen LogP contribution in [-0.4, -0.2) is 84.2 Å². The zero-order chi connectivity index (χ0) is 60.6. The van der Waals surface area contributed by atoms with Crippen molar-refractivity contribution in [2.24, 2.45) is 0 Å². The Morgan fingerprint density at radius 3 is 0.744 bits per heavy atom. The van der Waals surface area contributed by atoms with E-state index in [9.17, 15) is 39.6 Å². The van der Waals surface area contributed by atoms with Gasteiger partial charge in [-0.1, -0.05) is 50.6 Å². The van der Waals surface area contributed by atoms with Gasteiger partial charge in [0.1, 0.15) is 0 Å². The minimum absolute atomic E-state index is 0. The molecule has 16 nitrogen and oxygen atoms in total. The number of H-pyrrole nitrogens is 4. The van der Waals surface area contributed by atoms with Crippen LogP contribution >= 0.6 is 24.8 Å². The van der Waals surface area contributed by atoms with Gasteiger partial charge in [-0.05, 0) is 196 Å². The van der Waals surface area contributed by atoms with Crippen LogP contribution in [0.5, 0.6) is 0 Å². The Balaban J connectivity index is 0.000000240. The fourth-order valence-electron chi connectivity index (χ4n) is 11.5. The number of hydrogen-bond acceptors (Lipinski definition) is 8. The lowest BCUT2D eigenvalue weighted by Gasteiger charge is -2.05. The summed E-state index contributed by atoms with van der Waals surface area (Å²) in [5.74, 6) is -3.55. The number of allylic oxidation sites excluding steroid dienone is 8. The molecule has 0 unspecified atom stereocenters. The van der Waals surface area contributed by atoms with Gasteiger partial charge in [-0.15, -0.1) is 24.8 Å². The maximum Gasteiger partial charge on any atom is 0.303 e. The van der Waals surface area contributed by atoms with Gasteiger partial charge in [0.2, 0.25) is 0 Å². The van der Waals surface area contributed by atoms with Gasteiger partial charge in [0, 0.05) is 92.1 Å². The van der Waals surface area contributed by atoms with Crippen LogP contribution in [0, 0.1) is 27.7 Å². The van der Waals surface area contributed by atoms with Gasteiger partial charge in [0.15, 0.2) is 0 Å². The topological polar surface area (TPSA) is 264 Å². The third-order valence-corrected chi connectivity index (χ3v) is 16.4. The Kier molecular flexibility index (Phi) is 19.6. The molecule has 4 aliphatic rings. The van der Waals surface area contributed by atoms with Gasteiger partial charge >= 0.3 is 23.9 Å². The van der Waals surface area contributed by atoms with E-state index in [4.69, 9.17) is 19.9 Å². The molecule has 0 aromatic carbocycles. The summed E-state index contributed by atoms with van der Waals surface area (Å²) in [6.45, 7) is 32.1. The fourth-order valence-corrected chi connectivity index (χ4v) is 11.5. The van der Waals surface area contributed by atoms with E-state index in [1.54, 1.807) is 0 Å². The Bertz CT molecular complexity index is 4130. The molecule has 10 rings (SSSR count). The number of carboxylic acids is 4. The Labute approximate surface area is 510 Å². The molecule has 16 bridgehead atoms. The van der Waals surface area contributed by atoms with Crippen molar-refractivity contribution in [2.75, 3.05) is 0 Å². The molecule has 0 amide bonds. The summed E-state index contributed by atoms with van der Waals surface area (Å²) in [4.78, 5) is 80.0. The molecule has 0 saturated carbocycles. The number of aryl methyl sites for hydroxylation is 4. The van der Waals surface area contributed by atoms with Crippen LogP contribution in [0.4, 0.5) is 0 Å². The molecule has 0 saturated heterocycles. The molecule has 444 valence electrons. The second-order valence-corrected chi connectivity index (χ2v) is 21.5. The average Bonchev–Trinajstić information content (AvgIpc) is 1.78. The highest BCUT2D eigenvalue weighted by Gasteiger charge is 2.25. The van der Waals surface area contributed by atoms with Crippen molar-refractivity contribution in [3.8, 4) is 0 Å². The van der Waals surface area contributed by atoms with E-state index in [-0.39, 0.29) is 50.5 Å². The van der Waals surface area contributed by atoms with E-state index < -0.39 is 23.9 Å². The lowest BCUT2D eigenvalue weighted by Crippen LogP contribution is -1.97. The first-order valence-corrected chi connectivity index (χ1v) is 27.7. The largest absolute Gasteiger partial charge is 0.481 e. The third kappa shape index (κ3) is 12.7. The Morgan fingerprint density at radius 2 is 0.535 bits per heavy atom. The van der Waals surface area contributed by atoms with Crippen LogP contribution in [0.1, 0.15) is 169 Å². The standard InChI is InChI=1S/2C34H34N4O4.2ClH/c2*1-7-21-17(3)25-13-26-19(5)23(9-11-33(39)40)31(37-26)16-32-24(10-12-34(41)42)20(6)28(38-32)15-30-22(8-2)18(4)27(36-30)14-29(21)35-25;;/h2*7-8,13-16,35-36H,1-2,9-12H2,3-6H3,(H,39,40)(H,41,42);2*1H. The average molecular weight is 1200 g/mol. The lowest BCUT2D eigenvalue weighted by atomic mass is 9.98. The zero-order valence-electron chi connectivity index (χ0n) is 49.4. The van der Waals surface area contributed by atoms with E-state index in [0.717, 1.165) is 156 Å². The second kappa shape index (κ2) is 26.3. The molecule has 6 aromatic heterocycles. The van der Waals surface area contributed by atoms with Crippen molar-refractivity contribution in [3.05, 3.63) is 165 Å². The molecule has 0 spiro atoms. The number of nitrogens with zero attached hydrogens (tertiary/aromatic N) is 4. The highest BCUT2D eigenvalue weighted by Crippen LogP contribution is 2.41. The SMILES string of the molecule is C=Cc1c(C)c2cc3[nH]c(cc4nc(cc5nc(cc1[nH]2)C(C)=C5CCC(=O)O)C(CCC(=O)O)=C4C)c(C)c3C=C.C=Cc1c(C)c2cc3[nH]c(cc4nc(cc5nc(cc1[nH]2)C(C)=C5CCC(=O)O)C(CCC(=O)O)=C4C)c(C)c3C=C.Cl.Cl. The first kappa shape index (κ1) is 64.2. The number of halogens is 2. The van der Waals surface area contributed by atoms with Crippen molar-refractivity contribution in [2.45, 2.75) is 107 Å². The maximum absolute atomic E-state index is 11.5. The molecule has 0 atom stereocenters. The van der Waals surface area contributed by atoms with Crippen LogP contribution in [-0.2, 0) is 19.2 Å². The number of aromatic nitrogens is 8. The fraction of sp³-hybridized carbons (Fsp3) is 0.235. The highest BCUT2D eigenvalue weighted by atomic mass is 35.5. The van der Waals surface area contributed by atoms with E-state index >= 15 is 0 Å². The second-order valence-electron chi connectivity index (χ2n) is 21.5. The lowest BCUT2D eigenvalue weighted by molar-refractivity contribution is -0.137. The van der Waals surface area contributed by atoms with Crippen molar-refractivity contribution in [1.82, 2.24) is 39.9 Å². The van der Waals surface area contributed by atoms with E-state index in [0.29, 0.717) is 48.5 Å². The van der Waals surface area contributed by atoms with Crippen LogP contribution < -0.4 is 0 Å². The van der Waals surface area contributed by atoms with Gasteiger partial charge in [-0.2, -0.15) is 0 Å². The number of aliphatic carboxylic acids is 4. The van der Waals surface area contributed by atoms with Crippen molar-refractivity contribution in [1.29, 1.82) is 0 Å². The predicted molar refractivity (Wildman–Crippen MR) is 353 cm³/mol. The summed E-state index contributed by atoms with van der Waals surface area (Å²) >= 11 is 0. The predicted octanol–water partition coefficient (Wildman–Crippen LogP) is 16.5. The van der Waals surface area contributed by atoms with Gasteiger partial charge in [-0.3, -0.25) is 19.2 Å². The third-order valence-electron chi connectivity index (χ3n) is 16.4. The molecule has 6 aromatic rings. The smallest absolute Gasteiger partial charge is 0.303 e. The minimum Gasteiger partial charge on any atom is -0.481 e. The van der Waals surface area contributed by atoms with Gasteiger partial charge in [-0.25, -0.2) is 19.9 Å². The summed E-state index contributed by atoms with van der Waals surface area (Å²) in [5, 5.41) is 37.8. The van der Waals surface area contributed by atoms with Crippen molar-refractivity contribution >= 4 is 162 Å². The van der Waals surface area contributed by atoms with Gasteiger partial charge in [0.25, 0.3) is 0 Å². The maximum atomic E-state index is 11.5. The number of carboxylic acid groups (broad SMARTS) is 4. The molecule has 8 N–H and O–H groups in total. The summed E-state index contributed by atoms with van der Waals surface area (Å²) in [6, 6.07) is 15.8. The first-order chi connectivity index (χ1) is 40.0. The molecular formula is C68H70Cl2N8O8. The van der Waals surface area contributed by atoms with Gasteiger partial charge in [0.05, 0.1) is 45.6 Å². The number of hydrogen-bond donors (Lipinski definition) is 8. The Morgan fingerprint density at radius 1 is 0.337 bits per heavy atom. The summed E-state index contributed by atoms with van der Waals surface area (Å²) in [7, 11) is 0. The van der Waals surface area contributed by atoms with Gasteiger partial charge < -0.3 is 40.4 Å². The Hall–Kier alpha value is -9.38. The summed E-state index contributed by atoms with van der Waals surface area (Å²) < 4.78 is 0. The number of fused-ring (bicyclic) bond motifs is 16. The van der Waals surface area contributed by atoms with Crippen LogP contribution in [0.2, 0.25) is 0 Å². The molecule has 18 heteroatoms. The number of aromatic amines is 4.